The van der Waals surface area contributed by atoms with Gasteiger partial charge in [0.1, 0.15) is 11.5 Å². The van der Waals surface area contributed by atoms with E-state index in [0.717, 1.165) is 30.1 Å². The molecule has 0 aromatic heterocycles. The zero-order valence-corrected chi connectivity index (χ0v) is 19.8. The number of Topliss-reactive ketones (excluding diaryl/α,β-unsaturated/α-hetero) is 1. The lowest BCUT2D eigenvalue weighted by molar-refractivity contribution is -0.144. The lowest BCUT2D eigenvalue weighted by atomic mass is 9.73. The standard InChI is InChI=1S/C28H30O6/c1-5-26(29)33-17-32-22-13-9-21(10-14-22)28(31)34-23-11-7-20(8-12-23)16-25-19(4)6-15-24(18(2)3)27(25)30/h5,7-14,16,18-19,24H,1,6,15,17H2,2-4H3. The number of benzene rings is 2. The van der Waals surface area contributed by atoms with Gasteiger partial charge in [0.15, 0.2) is 5.78 Å². The van der Waals surface area contributed by atoms with Crippen LogP contribution in [0.1, 0.15) is 49.5 Å². The molecule has 2 atom stereocenters. The molecule has 2 unspecified atom stereocenters. The van der Waals surface area contributed by atoms with Crippen LogP contribution in [0.5, 0.6) is 11.5 Å². The van der Waals surface area contributed by atoms with Crippen LogP contribution in [0.3, 0.4) is 0 Å². The highest BCUT2D eigenvalue weighted by atomic mass is 16.7. The first kappa shape index (κ1) is 25.0. The molecule has 1 saturated carbocycles. The van der Waals surface area contributed by atoms with Crippen molar-refractivity contribution >= 4 is 23.8 Å². The molecule has 34 heavy (non-hydrogen) atoms. The second-order valence-corrected chi connectivity index (χ2v) is 8.71. The monoisotopic (exact) mass is 462 g/mol. The van der Waals surface area contributed by atoms with E-state index in [1.165, 1.54) is 0 Å². The number of ketones is 1. The van der Waals surface area contributed by atoms with E-state index in [-0.39, 0.29) is 24.4 Å². The Labute approximate surface area is 200 Å². The van der Waals surface area contributed by atoms with Crippen LogP contribution in [0.25, 0.3) is 6.08 Å². The zero-order chi connectivity index (χ0) is 24.7. The van der Waals surface area contributed by atoms with Crippen molar-refractivity contribution in [2.24, 2.45) is 17.8 Å². The fourth-order valence-corrected chi connectivity index (χ4v) is 3.90. The number of esters is 2. The Bertz CT molecular complexity index is 1060. The third kappa shape index (κ3) is 6.44. The molecule has 0 N–H and O–H groups in total. The average Bonchev–Trinajstić information content (AvgIpc) is 2.82. The van der Waals surface area contributed by atoms with Crippen molar-refractivity contribution in [3.05, 3.63) is 77.9 Å². The molecular weight excluding hydrogens is 432 g/mol. The van der Waals surface area contributed by atoms with Gasteiger partial charge in [-0.3, -0.25) is 4.79 Å². The summed E-state index contributed by atoms with van der Waals surface area (Å²) in [6.45, 7) is 9.34. The van der Waals surface area contributed by atoms with Crippen LogP contribution >= 0.6 is 0 Å². The molecule has 3 rings (SSSR count). The first-order chi connectivity index (χ1) is 16.3. The molecule has 0 heterocycles. The zero-order valence-electron chi connectivity index (χ0n) is 19.8. The smallest absolute Gasteiger partial charge is 0.343 e. The van der Waals surface area contributed by atoms with E-state index in [1.54, 1.807) is 36.4 Å². The predicted molar refractivity (Wildman–Crippen MR) is 129 cm³/mol. The summed E-state index contributed by atoms with van der Waals surface area (Å²) in [7, 11) is 0. The van der Waals surface area contributed by atoms with E-state index in [0.29, 0.717) is 23.0 Å². The highest BCUT2D eigenvalue weighted by Gasteiger charge is 2.32. The molecule has 1 fully saturated rings. The summed E-state index contributed by atoms with van der Waals surface area (Å²) < 4.78 is 15.5. The summed E-state index contributed by atoms with van der Waals surface area (Å²) in [6.07, 6.45) is 4.96. The largest absolute Gasteiger partial charge is 0.457 e. The van der Waals surface area contributed by atoms with E-state index in [1.807, 2.05) is 18.2 Å². The number of carbonyl (C=O) groups excluding carboxylic acids is 3. The Balaban J connectivity index is 1.60. The third-order valence-corrected chi connectivity index (χ3v) is 5.96. The normalized spacial score (nSPS) is 19.1. The van der Waals surface area contributed by atoms with Crippen molar-refractivity contribution < 1.29 is 28.6 Å². The second-order valence-electron chi connectivity index (χ2n) is 8.71. The van der Waals surface area contributed by atoms with Crippen molar-refractivity contribution in [3.8, 4) is 11.5 Å². The average molecular weight is 463 g/mol. The predicted octanol–water partition coefficient (Wildman–Crippen LogP) is 5.63. The van der Waals surface area contributed by atoms with Gasteiger partial charge >= 0.3 is 11.9 Å². The van der Waals surface area contributed by atoms with Crippen LogP contribution < -0.4 is 9.47 Å². The van der Waals surface area contributed by atoms with Gasteiger partial charge in [0.25, 0.3) is 0 Å². The highest BCUT2D eigenvalue weighted by Crippen LogP contribution is 2.35. The Morgan fingerprint density at radius 3 is 2.29 bits per heavy atom. The SMILES string of the molecule is C=CC(=O)OCOc1ccc(C(=O)Oc2ccc(C=C3C(=O)C(C(C)C)CCC3C)cc2)cc1. The van der Waals surface area contributed by atoms with Crippen molar-refractivity contribution in [1.29, 1.82) is 0 Å². The van der Waals surface area contributed by atoms with Crippen molar-refractivity contribution in [1.82, 2.24) is 0 Å². The minimum absolute atomic E-state index is 0.0848. The van der Waals surface area contributed by atoms with Gasteiger partial charge in [-0.05, 0) is 78.3 Å². The number of hydrogen-bond acceptors (Lipinski definition) is 6. The van der Waals surface area contributed by atoms with Crippen LogP contribution in [0, 0.1) is 17.8 Å². The Kier molecular flexibility index (Phi) is 8.41. The van der Waals surface area contributed by atoms with E-state index in [9.17, 15) is 14.4 Å². The summed E-state index contributed by atoms with van der Waals surface area (Å²) in [4.78, 5) is 36.4. The molecule has 1 aliphatic carbocycles. The molecule has 0 saturated heterocycles. The number of carbonyl (C=O) groups is 3. The number of allylic oxidation sites excluding steroid dienone is 1. The van der Waals surface area contributed by atoms with E-state index in [4.69, 9.17) is 14.2 Å². The Morgan fingerprint density at radius 1 is 1.03 bits per heavy atom. The topological polar surface area (TPSA) is 78.9 Å². The summed E-state index contributed by atoms with van der Waals surface area (Å²) in [5, 5.41) is 0. The van der Waals surface area contributed by atoms with Crippen LogP contribution in [0.4, 0.5) is 0 Å². The van der Waals surface area contributed by atoms with Crippen LogP contribution in [0.2, 0.25) is 0 Å². The Morgan fingerprint density at radius 2 is 1.68 bits per heavy atom. The molecular formula is C28H30O6. The lowest BCUT2D eigenvalue weighted by Gasteiger charge is -2.30. The maximum atomic E-state index is 12.9. The van der Waals surface area contributed by atoms with Crippen LogP contribution in [0.15, 0.2) is 66.8 Å². The van der Waals surface area contributed by atoms with Gasteiger partial charge in [-0.1, -0.05) is 39.5 Å². The van der Waals surface area contributed by atoms with Gasteiger partial charge in [-0.25, -0.2) is 9.59 Å². The number of ether oxygens (including phenoxy) is 3. The van der Waals surface area contributed by atoms with E-state index in [2.05, 4.69) is 27.4 Å². The minimum atomic E-state index is -0.581. The maximum absolute atomic E-state index is 12.9. The van der Waals surface area contributed by atoms with Gasteiger partial charge in [-0.2, -0.15) is 0 Å². The fourth-order valence-electron chi connectivity index (χ4n) is 3.90. The maximum Gasteiger partial charge on any atom is 0.343 e. The third-order valence-electron chi connectivity index (χ3n) is 5.96. The first-order valence-corrected chi connectivity index (χ1v) is 11.4. The molecule has 0 spiro atoms. The van der Waals surface area contributed by atoms with Gasteiger partial charge in [0, 0.05) is 12.0 Å². The Hall–Kier alpha value is -3.67. The fraction of sp³-hybridized carbons (Fsp3) is 0.321. The molecule has 0 radical (unpaired) electrons. The van der Waals surface area contributed by atoms with Gasteiger partial charge < -0.3 is 14.2 Å². The molecule has 0 amide bonds. The lowest BCUT2D eigenvalue weighted by Crippen LogP contribution is -2.30. The van der Waals surface area contributed by atoms with Gasteiger partial charge in [0.05, 0.1) is 5.56 Å². The summed E-state index contributed by atoms with van der Waals surface area (Å²) >= 11 is 0. The summed E-state index contributed by atoms with van der Waals surface area (Å²) in [6, 6.07) is 13.4. The van der Waals surface area contributed by atoms with Crippen molar-refractivity contribution in [2.45, 2.75) is 33.6 Å². The van der Waals surface area contributed by atoms with Gasteiger partial charge in [0.2, 0.25) is 6.79 Å². The van der Waals surface area contributed by atoms with E-state index < -0.39 is 11.9 Å². The van der Waals surface area contributed by atoms with Crippen molar-refractivity contribution in [2.75, 3.05) is 6.79 Å². The highest BCUT2D eigenvalue weighted by molar-refractivity contribution is 6.02. The van der Waals surface area contributed by atoms with E-state index >= 15 is 0 Å². The number of hydrogen-bond donors (Lipinski definition) is 0. The quantitative estimate of drug-likeness (QED) is 0.219. The van der Waals surface area contributed by atoms with Crippen LogP contribution in [-0.2, 0) is 14.3 Å². The molecule has 6 heteroatoms. The molecule has 2 aromatic rings. The molecule has 178 valence electrons. The summed E-state index contributed by atoms with van der Waals surface area (Å²) in [5.74, 6) is 0.663. The molecule has 1 aliphatic rings. The molecule has 0 bridgehead atoms. The minimum Gasteiger partial charge on any atom is -0.457 e. The molecule has 6 nitrogen and oxygen atoms in total. The second kappa shape index (κ2) is 11.5. The summed E-state index contributed by atoms with van der Waals surface area (Å²) in [5.41, 5.74) is 2.12. The van der Waals surface area contributed by atoms with Crippen LogP contribution in [-0.4, -0.2) is 24.5 Å². The molecule has 0 aliphatic heterocycles. The van der Waals surface area contributed by atoms with Crippen molar-refractivity contribution in [3.63, 3.8) is 0 Å². The number of rotatable bonds is 8. The first-order valence-electron chi connectivity index (χ1n) is 11.4. The van der Waals surface area contributed by atoms with Gasteiger partial charge in [-0.15, -0.1) is 0 Å². The molecule has 2 aromatic carbocycles.